The van der Waals surface area contributed by atoms with Gasteiger partial charge in [0.2, 0.25) is 0 Å². The molecule has 0 aromatic rings. The second kappa shape index (κ2) is 5.67. The Morgan fingerprint density at radius 3 is 1.94 bits per heavy atom. The van der Waals surface area contributed by atoms with Gasteiger partial charge < -0.3 is 10.7 Å². The maximum absolute atomic E-state index is 11.1. The standard InChI is InChI=1S/C11H20N2OSi2/c1-6-10-15(5,13-11(12)14)16(7-2,8-3)9-4/h6-9H,1-4,10H2,5H3,(H3,12,13,14). The molecule has 0 saturated carbocycles. The Balaban J connectivity index is 5.51. The minimum Gasteiger partial charge on any atom is -0.366 e. The van der Waals surface area contributed by atoms with Crippen molar-refractivity contribution in [3.05, 3.63) is 49.5 Å². The largest absolute Gasteiger partial charge is 0.366 e. The molecular weight excluding hydrogens is 232 g/mol. The van der Waals surface area contributed by atoms with Crippen LogP contribution in [0.1, 0.15) is 0 Å². The molecule has 0 rings (SSSR count). The predicted octanol–water partition coefficient (Wildman–Crippen LogP) is 2.12. The van der Waals surface area contributed by atoms with Gasteiger partial charge in [-0.3, -0.25) is 4.79 Å². The van der Waals surface area contributed by atoms with Crippen molar-refractivity contribution in [1.29, 1.82) is 0 Å². The summed E-state index contributed by atoms with van der Waals surface area (Å²) in [6, 6.07) is 0.227. The number of rotatable bonds is 7. The van der Waals surface area contributed by atoms with E-state index in [1.54, 1.807) is 6.08 Å². The van der Waals surface area contributed by atoms with Gasteiger partial charge in [-0.05, 0) is 6.04 Å². The van der Waals surface area contributed by atoms with Gasteiger partial charge in [0.05, 0.1) is 0 Å². The van der Waals surface area contributed by atoms with Crippen LogP contribution in [0.3, 0.4) is 0 Å². The Morgan fingerprint density at radius 1 is 1.25 bits per heavy atom. The van der Waals surface area contributed by atoms with E-state index in [4.69, 9.17) is 5.73 Å². The minimum absolute atomic E-state index is 0.501. The van der Waals surface area contributed by atoms with Crippen molar-refractivity contribution in [2.24, 2.45) is 5.73 Å². The average molecular weight is 252 g/mol. The summed E-state index contributed by atoms with van der Waals surface area (Å²) in [4.78, 5) is 14.0. The first-order valence-electron chi connectivity index (χ1n) is 5.00. The second-order valence-electron chi connectivity index (χ2n) is 3.86. The van der Waals surface area contributed by atoms with Crippen LogP contribution >= 0.6 is 0 Å². The number of urea groups is 1. The number of carbonyl (C=O) groups excluding carboxylic acids is 1. The zero-order chi connectivity index (χ0) is 12.8. The van der Waals surface area contributed by atoms with E-state index in [0.717, 1.165) is 6.04 Å². The van der Waals surface area contributed by atoms with Gasteiger partial charge in [0.25, 0.3) is 0 Å². The zero-order valence-electron chi connectivity index (χ0n) is 9.83. The third kappa shape index (κ3) is 2.62. The molecule has 1 unspecified atom stereocenters. The molecule has 0 aromatic carbocycles. The highest BCUT2D eigenvalue weighted by Gasteiger charge is 2.46. The fourth-order valence-electron chi connectivity index (χ4n) is 1.82. The van der Waals surface area contributed by atoms with E-state index < -0.39 is 21.4 Å². The first-order valence-corrected chi connectivity index (χ1v) is 10.9. The summed E-state index contributed by atoms with van der Waals surface area (Å²) in [6.07, 6.45) is 1.81. The van der Waals surface area contributed by atoms with E-state index in [2.05, 4.69) is 37.8 Å². The van der Waals surface area contributed by atoms with Crippen molar-refractivity contribution in [3.63, 3.8) is 0 Å². The molecule has 0 aliphatic heterocycles. The summed E-state index contributed by atoms with van der Waals surface area (Å²) >= 11 is 0. The summed E-state index contributed by atoms with van der Waals surface area (Å²) in [6.45, 7) is 17.4. The number of hydrogen-bond donors (Lipinski definition) is 2. The molecule has 2 amide bonds. The molecule has 0 aromatic heterocycles. The fourth-order valence-corrected chi connectivity index (χ4v) is 12.0. The van der Waals surface area contributed by atoms with Crippen LogP contribution in [0.15, 0.2) is 49.5 Å². The Labute approximate surface area is 99.3 Å². The Hall–Kier alpha value is -1.34. The van der Waals surface area contributed by atoms with E-state index in [1.807, 2.05) is 17.1 Å². The van der Waals surface area contributed by atoms with Gasteiger partial charge in [-0.2, -0.15) is 0 Å². The third-order valence-corrected chi connectivity index (χ3v) is 17.3. The van der Waals surface area contributed by atoms with Gasteiger partial charge in [-0.25, -0.2) is 0 Å². The van der Waals surface area contributed by atoms with Crippen molar-refractivity contribution < 1.29 is 4.79 Å². The molecule has 5 heteroatoms. The number of amides is 2. The fraction of sp³-hybridized carbons (Fsp3) is 0.182. The Bertz CT molecular complexity index is 306. The van der Waals surface area contributed by atoms with E-state index in [9.17, 15) is 4.79 Å². The number of nitrogens with one attached hydrogen (secondary N) is 1. The third-order valence-electron chi connectivity index (χ3n) is 2.92. The van der Waals surface area contributed by atoms with E-state index in [-0.39, 0.29) is 0 Å². The number of allylic oxidation sites excluding steroid dienone is 1. The Morgan fingerprint density at radius 2 is 1.69 bits per heavy atom. The van der Waals surface area contributed by atoms with Crippen molar-refractivity contribution in [2.45, 2.75) is 12.6 Å². The number of nitrogens with two attached hydrogens (primary N) is 1. The lowest BCUT2D eigenvalue weighted by Crippen LogP contribution is -2.69. The molecule has 16 heavy (non-hydrogen) atoms. The molecule has 88 valence electrons. The maximum atomic E-state index is 11.1. The summed E-state index contributed by atoms with van der Waals surface area (Å²) in [5.41, 5.74) is 10.9. The summed E-state index contributed by atoms with van der Waals surface area (Å²) in [5, 5.41) is 0. The molecular formula is C11H20N2OSi2. The SMILES string of the molecule is C=CC[Si](C)(NC(N)=O)[Si](C=C)(C=C)C=C. The lowest BCUT2D eigenvalue weighted by Gasteiger charge is -2.39. The smallest absolute Gasteiger partial charge is 0.304 e. The second-order valence-corrected chi connectivity index (χ2v) is 16.2. The van der Waals surface area contributed by atoms with Crippen LogP contribution in [0.2, 0.25) is 12.6 Å². The summed E-state index contributed by atoms with van der Waals surface area (Å²) in [5.74, 6) is 0. The lowest BCUT2D eigenvalue weighted by molar-refractivity contribution is 0.253. The van der Waals surface area contributed by atoms with Crippen molar-refractivity contribution in [2.75, 3.05) is 0 Å². The molecule has 0 bridgehead atoms. The van der Waals surface area contributed by atoms with Crippen LogP contribution in [0.5, 0.6) is 0 Å². The highest BCUT2D eigenvalue weighted by atomic mass is 29.3. The molecule has 0 heterocycles. The quantitative estimate of drug-likeness (QED) is 0.529. The van der Waals surface area contributed by atoms with Crippen LogP contribution in [0.25, 0.3) is 0 Å². The first kappa shape index (κ1) is 14.7. The molecule has 0 aliphatic carbocycles. The number of hydrogen-bond acceptors (Lipinski definition) is 1. The van der Waals surface area contributed by atoms with Gasteiger partial charge in [0.15, 0.2) is 7.75 Å². The van der Waals surface area contributed by atoms with Crippen LogP contribution in [-0.2, 0) is 0 Å². The van der Waals surface area contributed by atoms with Gasteiger partial charge in [0.1, 0.15) is 7.59 Å². The maximum Gasteiger partial charge on any atom is 0.304 e. The van der Waals surface area contributed by atoms with Gasteiger partial charge in [-0.15, -0.1) is 26.3 Å². The molecule has 1 atom stereocenters. The zero-order valence-corrected chi connectivity index (χ0v) is 11.8. The molecule has 3 nitrogen and oxygen atoms in total. The number of carbonyl (C=O) groups is 1. The first-order chi connectivity index (χ1) is 7.41. The van der Waals surface area contributed by atoms with Gasteiger partial charge >= 0.3 is 6.03 Å². The summed E-state index contributed by atoms with van der Waals surface area (Å²) < 4.78 is 0. The normalized spacial score (nSPS) is 14.3. The molecule has 0 radical (unpaired) electrons. The van der Waals surface area contributed by atoms with Crippen LogP contribution in [0, 0.1) is 0 Å². The minimum atomic E-state index is -2.15. The van der Waals surface area contributed by atoms with Crippen LogP contribution in [-0.4, -0.2) is 21.4 Å². The van der Waals surface area contributed by atoms with Crippen LogP contribution < -0.4 is 10.7 Å². The van der Waals surface area contributed by atoms with Gasteiger partial charge in [0, 0.05) is 0 Å². The highest BCUT2D eigenvalue weighted by Crippen LogP contribution is 2.24. The molecule has 3 N–H and O–H groups in total. The summed E-state index contributed by atoms with van der Waals surface area (Å²) in [7, 11) is -4.26. The topological polar surface area (TPSA) is 55.1 Å². The molecule has 0 aliphatic rings. The molecule has 0 saturated heterocycles. The van der Waals surface area contributed by atoms with E-state index in [1.165, 1.54) is 0 Å². The lowest BCUT2D eigenvalue weighted by atomic mass is 10.8. The van der Waals surface area contributed by atoms with Crippen molar-refractivity contribution in [1.82, 2.24) is 4.98 Å². The van der Waals surface area contributed by atoms with E-state index >= 15 is 0 Å². The monoisotopic (exact) mass is 252 g/mol. The number of primary amides is 1. The van der Waals surface area contributed by atoms with Crippen LogP contribution in [0.4, 0.5) is 4.79 Å². The van der Waals surface area contributed by atoms with Crippen molar-refractivity contribution >= 4 is 21.4 Å². The van der Waals surface area contributed by atoms with Gasteiger partial charge in [-0.1, -0.05) is 29.7 Å². The predicted molar refractivity (Wildman–Crippen MR) is 75.7 cm³/mol. The van der Waals surface area contributed by atoms with Crippen molar-refractivity contribution in [3.8, 4) is 0 Å². The Kier molecular flexibility index (Phi) is 5.19. The molecule has 0 fully saturated rings. The van der Waals surface area contributed by atoms with E-state index in [0.29, 0.717) is 0 Å². The highest BCUT2D eigenvalue weighted by molar-refractivity contribution is 7.47. The molecule has 0 spiro atoms. The average Bonchev–Trinajstić information content (AvgIpc) is 2.20.